The molecule has 0 saturated heterocycles. The Labute approximate surface area is 94.4 Å². The molecule has 84 valence electrons. The highest BCUT2D eigenvalue weighted by Crippen LogP contribution is 2.15. The van der Waals surface area contributed by atoms with Crippen LogP contribution in [0.2, 0.25) is 0 Å². The van der Waals surface area contributed by atoms with E-state index in [9.17, 15) is 9.59 Å². The maximum Gasteiger partial charge on any atom is 0.314 e. The van der Waals surface area contributed by atoms with Crippen LogP contribution < -0.4 is 0 Å². The molecule has 1 unspecified atom stereocenters. The van der Waals surface area contributed by atoms with Gasteiger partial charge in [0.05, 0.1) is 0 Å². The van der Waals surface area contributed by atoms with Crippen LogP contribution in [0.3, 0.4) is 0 Å². The lowest BCUT2D eigenvalue weighted by molar-refractivity contribution is -0.139. The third-order valence-electron chi connectivity index (χ3n) is 2.34. The molecule has 3 nitrogen and oxygen atoms in total. The predicted molar refractivity (Wildman–Crippen MR) is 62.3 cm³/mol. The first-order valence-corrected chi connectivity index (χ1v) is 5.06. The number of rotatable bonds is 4. The zero-order chi connectivity index (χ0) is 12.1. The number of benzene rings is 1. The van der Waals surface area contributed by atoms with Gasteiger partial charge in [0.15, 0.2) is 5.78 Å². The molecule has 0 aliphatic heterocycles. The Morgan fingerprint density at radius 3 is 2.50 bits per heavy atom. The van der Waals surface area contributed by atoms with Gasteiger partial charge < -0.3 is 5.11 Å². The Morgan fingerprint density at radius 2 is 1.94 bits per heavy atom. The average Bonchev–Trinajstić information content (AvgIpc) is 2.28. The molecule has 0 aliphatic carbocycles. The molecule has 0 spiro atoms. The molecule has 16 heavy (non-hydrogen) atoms. The second kappa shape index (κ2) is 5.26. The molecule has 1 N–H and O–H groups in total. The SMILES string of the molecule is C/C=C\c1ccccc1C(=O)C(C)C(=O)O. The van der Waals surface area contributed by atoms with Gasteiger partial charge in [0.2, 0.25) is 0 Å². The Morgan fingerprint density at radius 1 is 1.31 bits per heavy atom. The number of Topliss-reactive ketones (excluding diaryl/α,β-unsaturated/α-hetero) is 1. The fraction of sp³-hybridized carbons (Fsp3) is 0.231. The first-order chi connectivity index (χ1) is 7.57. The molecular formula is C13H14O3. The van der Waals surface area contributed by atoms with Crippen LogP contribution in [0.25, 0.3) is 6.08 Å². The quantitative estimate of drug-likeness (QED) is 0.624. The third-order valence-corrected chi connectivity index (χ3v) is 2.34. The van der Waals surface area contributed by atoms with E-state index in [0.29, 0.717) is 5.56 Å². The van der Waals surface area contributed by atoms with E-state index in [1.54, 1.807) is 24.3 Å². The largest absolute Gasteiger partial charge is 0.481 e. The molecule has 0 heterocycles. The number of hydrogen-bond donors (Lipinski definition) is 1. The second-order valence-corrected chi connectivity index (χ2v) is 3.51. The van der Waals surface area contributed by atoms with Crippen LogP contribution >= 0.6 is 0 Å². The number of carboxylic acids is 1. The van der Waals surface area contributed by atoms with Gasteiger partial charge in [-0.1, -0.05) is 36.4 Å². The highest BCUT2D eigenvalue weighted by molar-refractivity contribution is 6.09. The van der Waals surface area contributed by atoms with Crippen molar-refractivity contribution in [3.05, 3.63) is 41.5 Å². The summed E-state index contributed by atoms with van der Waals surface area (Å²) in [5.41, 5.74) is 1.21. The number of carbonyl (C=O) groups is 2. The third kappa shape index (κ3) is 2.57. The minimum Gasteiger partial charge on any atom is -0.481 e. The lowest BCUT2D eigenvalue weighted by Gasteiger charge is -2.08. The predicted octanol–water partition coefficient (Wildman–Crippen LogP) is 2.62. The zero-order valence-electron chi connectivity index (χ0n) is 9.31. The molecule has 0 fully saturated rings. The smallest absolute Gasteiger partial charge is 0.314 e. The van der Waals surface area contributed by atoms with Gasteiger partial charge in [-0.15, -0.1) is 0 Å². The molecule has 0 amide bonds. The van der Waals surface area contributed by atoms with Gasteiger partial charge in [0, 0.05) is 5.56 Å². The topological polar surface area (TPSA) is 54.4 Å². The van der Waals surface area contributed by atoms with Gasteiger partial charge in [-0.3, -0.25) is 9.59 Å². The summed E-state index contributed by atoms with van der Waals surface area (Å²) in [4.78, 5) is 22.6. The molecule has 1 aromatic carbocycles. The van der Waals surface area contributed by atoms with Crippen LogP contribution in [-0.4, -0.2) is 16.9 Å². The maximum atomic E-state index is 11.9. The number of hydrogen-bond acceptors (Lipinski definition) is 2. The molecule has 1 rings (SSSR count). The van der Waals surface area contributed by atoms with E-state index < -0.39 is 11.9 Å². The minimum absolute atomic E-state index is 0.360. The molecule has 0 saturated carbocycles. The molecule has 0 aromatic heterocycles. The normalized spacial score (nSPS) is 12.6. The van der Waals surface area contributed by atoms with E-state index in [2.05, 4.69) is 0 Å². The summed E-state index contributed by atoms with van der Waals surface area (Å²) in [6, 6.07) is 6.99. The van der Waals surface area contributed by atoms with Gasteiger partial charge in [0.1, 0.15) is 5.92 Å². The van der Waals surface area contributed by atoms with E-state index in [1.807, 2.05) is 19.1 Å². The summed E-state index contributed by atoms with van der Waals surface area (Å²) in [5, 5.41) is 8.80. The summed E-state index contributed by atoms with van der Waals surface area (Å²) >= 11 is 0. The van der Waals surface area contributed by atoms with Gasteiger partial charge in [-0.2, -0.15) is 0 Å². The number of carboxylic acid groups (broad SMARTS) is 1. The van der Waals surface area contributed by atoms with Crippen molar-refractivity contribution in [2.75, 3.05) is 0 Å². The van der Waals surface area contributed by atoms with Crippen LogP contribution in [0.15, 0.2) is 30.3 Å². The Bertz CT molecular complexity index is 433. The first-order valence-electron chi connectivity index (χ1n) is 5.06. The zero-order valence-corrected chi connectivity index (χ0v) is 9.31. The molecule has 0 radical (unpaired) electrons. The van der Waals surface area contributed by atoms with Crippen LogP contribution in [-0.2, 0) is 4.79 Å². The van der Waals surface area contributed by atoms with Gasteiger partial charge >= 0.3 is 5.97 Å². The Kier molecular flexibility index (Phi) is 4.00. The fourth-order valence-corrected chi connectivity index (χ4v) is 1.39. The summed E-state index contributed by atoms with van der Waals surface area (Å²) in [6.07, 6.45) is 3.61. The van der Waals surface area contributed by atoms with Crippen molar-refractivity contribution >= 4 is 17.8 Å². The van der Waals surface area contributed by atoms with E-state index in [-0.39, 0.29) is 5.78 Å². The van der Waals surface area contributed by atoms with Crippen LogP contribution in [0.1, 0.15) is 29.8 Å². The fourth-order valence-electron chi connectivity index (χ4n) is 1.39. The van der Waals surface area contributed by atoms with Crippen molar-refractivity contribution in [1.29, 1.82) is 0 Å². The van der Waals surface area contributed by atoms with Crippen molar-refractivity contribution in [2.24, 2.45) is 5.92 Å². The minimum atomic E-state index is -1.10. The van der Waals surface area contributed by atoms with Crippen molar-refractivity contribution in [1.82, 2.24) is 0 Å². The van der Waals surface area contributed by atoms with Gasteiger partial charge in [-0.25, -0.2) is 0 Å². The summed E-state index contributed by atoms with van der Waals surface area (Å²) in [5.74, 6) is -2.46. The second-order valence-electron chi connectivity index (χ2n) is 3.51. The van der Waals surface area contributed by atoms with Crippen LogP contribution in [0, 0.1) is 5.92 Å². The standard InChI is InChI=1S/C13H14O3/c1-3-6-10-7-4-5-8-11(10)12(14)9(2)13(15)16/h3-9H,1-2H3,(H,15,16)/b6-3-. The van der Waals surface area contributed by atoms with Crippen molar-refractivity contribution in [3.8, 4) is 0 Å². The number of allylic oxidation sites excluding steroid dienone is 1. The molecule has 1 aromatic rings. The highest BCUT2D eigenvalue weighted by Gasteiger charge is 2.23. The van der Waals surface area contributed by atoms with E-state index in [0.717, 1.165) is 5.56 Å². The average molecular weight is 218 g/mol. The van der Waals surface area contributed by atoms with E-state index in [4.69, 9.17) is 5.11 Å². The van der Waals surface area contributed by atoms with Crippen molar-refractivity contribution < 1.29 is 14.7 Å². The summed E-state index contributed by atoms with van der Waals surface area (Å²) in [6.45, 7) is 3.25. The maximum absolute atomic E-state index is 11.9. The van der Waals surface area contributed by atoms with Crippen LogP contribution in [0.5, 0.6) is 0 Å². The Balaban J connectivity index is 3.13. The molecule has 0 aliphatic rings. The van der Waals surface area contributed by atoms with Gasteiger partial charge in [-0.05, 0) is 19.4 Å². The first kappa shape index (κ1) is 12.2. The number of ketones is 1. The van der Waals surface area contributed by atoms with Crippen LogP contribution in [0.4, 0.5) is 0 Å². The molecular weight excluding hydrogens is 204 g/mol. The lowest BCUT2D eigenvalue weighted by atomic mass is 9.95. The molecule has 3 heteroatoms. The molecule has 1 atom stereocenters. The van der Waals surface area contributed by atoms with Crippen molar-refractivity contribution in [3.63, 3.8) is 0 Å². The molecule has 0 bridgehead atoms. The summed E-state index contributed by atoms with van der Waals surface area (Å²) in [7, 11) is 0. The number of aliphatic carboxylic acids is 1. The lowest BCUT2D eigenvalue weighted by Crippen LogP contribution is -2.21. The van der Waals surface area contributed by atoms with Gasteiger partial charge in [0.25, 0.3) is 0 Å². The van der Waals surface area contributed by atoms with E-state index >= 15 is 0 Å². The highest BCUT2D eigenvalue weighted by atomic mass is 16.4. The number of carbonyl (C=O) groups excluding carboxylic acids is 1. The van der Waals surface area contributed by atoms with E-state index in [1.165, 1.54) is 6.92 Å². The summed E-state index contributed by atoms with van der Waals surface area (Å²) < 4.78 is 0. The monoisotopic (exact) mass is 218 g/mol. The van der Waals surface area contributed by atoms with Crippen molar-refractivity contribution in [2.45, 2.75) is 13.8 Å². The Hall–Kier alpha value is -1.90.